The van der Waals surface area contributed by atoms with Gasteiger partial charge in [0, 0.05) is 51.2 Å². The van der Waals surface area contributed by atoms with E-state index in [1.54, 1.807) is 16.8 Å². The molecule has 0 aromatic heterocycles. The zero-order valence-electron chi connectivity index (χ0n) is 23.2. The van der Waals surface area contributed by atoms with Gasteiger partial charge in [0.15, 0.2) is 0 Å². The average molecular weight is 568 g/mol. The highest BCUT2D eigenvalue weighted by atomic mass is 19.1. The summed E-state index contributed by atoms with van der Waals surface area (Å²) in [5.41, 5.74) is 1.23. The lowest BCUT2D eigenvalue weighted by Gasteiger charge is -2.29. The van der Waals surface area contributed by atoms with Gasteiger partial charge in [-0.15, -0.1) is 0 Å². The van der Waals surface area contributed by atoms with Crippen LogP contribution in [0.25, 0.3) is 0 Å². The zero-order valence-corrected chi connectivity index (χ0v) is 23.2. The summed E-state index contributed by atoms with van der Waals surface area (Å²) < 4.78 is 26.7. The summed E-state index contributed by atoms with van der Waals surface area (Å²) in [4.78, 5) is 65.2. The highest BCUT2D eigenvalue weighted by molar-refractivity contribution is 5.94. The average Bonchev–Trinajstić information content (AvgIpc) is 3.40. The predicted molar refractivity (Wildman–Crippen MR) is 141 cm³/mol. The van der Waals surface area contributed by atoms with E-state index >= 15 is 0 Å². The zero-order chi connectivity index (χ0) is 29.8. The number of nitrogens with one attached hydrogen (secondary N) is 3. The van der Waals surface area contributed by atoms with Gasteiger partial charge in [-0.1, -0.05) is 13.8 Å². The second kappa shape index (κ2) is 15.8. The van der Waals surface area contributed by atoms with E-state index in [2.05, 4.69) is 10.6 Å². The van der Waals surface area contributed by atoms with Gasteiger partial charge < -0.3 is 20.4 Å². The van der Waals surface area contributed by atoms with E-state index in [0.29, 0.717) is 38.4 Å². The van der Waals surface area contributed by atoms with Crippen molar-refractivity contribution in [3.63, 3.8) is 0 Å². The Bertz CT molecular complexity index is 1050. The quantitative estimate of drug-likeness (QED) is 0.199. The Labute approximate surface area is 232 Å². The summed E-state index contributed by atoms with van der Waals surface area (Å²) >= 11 is 0. The maximum absolute atomic E-state index is 13.3. The maximum Gasteiger partial charge on any atom is 0.265 e. The lowest BCUT2D eigenvalue weighted by molar-refractivity contribution is -0.143. The van der Waals surface area contributed by atoms with Crippen LogP contribution >= 0.6 is 0 Å². The third-order valence-corrected chi connectivity index (χ3v) is 6.75. The molecule has 1 heterocycles. The maximum atomic E-state index is 13.3. The van der Waals surface area contributed by atoms with Crippen molar-refractivity contribution in [2.24, 2.45) is 5.92 Å². The Morgan fingerprint density at radius 3 is 2.40 bits per heavy atom. The Morgan fingerprint density at radius 1 is 1.10 bits per heavy atom. The number of amides is 5. The molecule has 40 heavy (non-hydrogen) atoms. The number of carbonyl (C=O) groups excluding carboxylic acids is 5. The summed E-state index contributed by atoms with van der Waals surface area (Å²) in [6.45, 7) is 4.63. The molecule has 1 aliphatic rings. The second-order valence-corrected chi connectivity index (χ2v) is 10.2. The van der Waals surface area contributed by atoms with Crippen molar-refractivity contribution in [1.82, 2.24) is 25.9 Å². The summed E-state index contributed by atoms with van der Waals surface area (Å²) in [7, 11) is 1.67. The van der Waals surface area contributed by atoms with Crippen LogP contribution in [0.3, 0.4) is 0 Å². The molecule has 0 aliphatic carbocycles. The van der Waals surface area contributed by atoms with Gasteiger partial charge in [-0.25, -0.2) is 14.3 Å². The molecule has 2 rings (SSSR count). The number of hydroxylamine groups is 1. The number of hydrogen-bond donors (Lipinski definition) is 4. The Morgan fingerprint density at radius 2 is 1.77 bits per heavy atom. The predicted octanol–water partition coefficient (Wildman–Crippen LogP) is 1.74. The van der Waals surface area contributed by atoms with Crippen LogP contribution in [0, 0.1) is 17.6 Å². The van der Waals surface area contributed by atoms with Crippen LogP contribution in [0.5, 0.6) is 0 Å². The SMILES string of the molecule is CCCC(=O)N1CCCC1C(=O)N(C)CC(C)CCC(=O)N[C@@H](CCNC(=O)c1cc(F)cc(F)c1)C(=O)NO. The Kier molecular flexibility index (Phi) is 12.9. The summed E-state index contributed by atoms with van der Waals surface area (Å²) in [5.74, 6) is -4.16. The first-order chi connectivity index (χ1) is 19.0. The summed E-state index contributed by atoms with van der Waals surface area (Å²) in [5, 5.41) is 13.9. The minimum Gasteiger partial charge on any atom is -0.352 e. The van der Waals surface area contributed by atoms with Crippen molar-refractivity contribution in [3.8, 4) is 0 Å². The van der Waals surface area contributed by atoms with E-state index in [-0.39, 0.29) is 42.7 Å². The normalized spacial score (nSPS) is 16.1. The molecule has 3 atom stereocenters. The van der Waals surface area contributed by atoms with Crippen molar-refractivity contribution >= 4 is 29.5 Å². The molecule has 1 fully saturated rings. The van der Waals surface area contributed by atoms with E-state index in [9.17, 15) is 32.8 Å². The standard InChI is InChI=1S/C27H39F2N5O6/c1-4-6-24(36)34-12-5-7-22(34)27(39)33(3)16-17(2)8-9-23(35)31-21(26(38)32-40)10-11-30-25(37)18-13-19(28)15-20(29)14-18/h13-15,17,21-22,40H,4-12,16H2,1-3H3,(H,30,37)(H,31,35)(H,32,38)/t17?,21-,22?/m0/s1. The number of likely N-dealkylation sites (N-methyl/N-ethyl adjacent to an activating group) is 1. The number of rotatable bonds is 14. The van der Waals surface area contributed by atoms with E-state index < -0.39 is 41.4 Å². The fraction of sp³-hybridized carbons (Fsp3) is 0.593. The lowest BCUT2D eigenvalue weighted by Crippen LogP contribution is -2.48. The molecule has 4 N–H and O–H groups in total. The highest BCUT2D eigenvalue weighted by Gasteiger charge is 2.35. The third kappa shape index (κ3) is 9.85. The van der Waals surface area contributed by atoms with Gasteiger partial charge in [0.25, 0.3) is 11.8 Å². The first kappa shape index (κ1) is 32.6. The first-order valence-corrected chi connectivity index (χ1v) is 13.5. The van der Waals surface area contributed by atoms with Gasteiger partial charge in [0.05, 0.1) is 0 Å². The fourth-order valence-electron chi connectivity index (χ4n) is 4.69. The molecule has 1 saturated heterocycles. The molecule has 0 saturated carbocycles. The Balaban J connectivity index is 1.81. The van der Waals surface area contributed by atoms with Crippen LogP contribution in [-0.2, 0) is 19.2 Å². The molecule has 0 spiro atoms. The fourth-order valence-corrected chi connectivity index (χ4v) is 4.69. The van der Waals surface area contributed by atoms with Gasteiger partial charge in [-0.2, -0.15) is 0 Å². The number of likely N-dealkylation sites (tertiary alicyclic amines) is 1. The largest absolute Gasteiger partial charge is 0.352 e. The lowest BCUT2D eigenvalue weighted by atomic mass is 10.0. The molecule has 2 unspecified atom stereocenters. The molecule has 0 bridgehead atoms. The molecular formula is C27H39F2N5O6. The topological polar surface area (TPSA) is 148 Å². The van der Waals surface area contributed by atoms with E-state index in [1.165, 1.54) is 5.48 Å². The highest BCUT2D eigenvalue weighted by Crippen LogP contribution is 2.21. The van der Waals surface area contributed by atoms with Crippen molar-refractivity contribution in [2.75, 3.05) is 26.7 Å². The van der Waals surface area contributed by atoms with E-state index in [4.69, 9.17) is 5.21 Å². The summed E-state index contributed by atoms with van der Waals surface area (Å²) in [6.07, 6.45) is 2.89. The van der Waals surface area contributed by atoms with Crippen LogP contribution in [0.1, 0.15) is 69.2 Å². The smallest absolute Gasteiger partial charge is 0.265 e. The van der Waals surface area contributed by atoms with Gasteiger partial charge >= 0.3 is 0 Å². The van der Waals surface area contributed by atoms with Crippen molar-refractivity contribution < 1.29 is 38.0 Å². The number of halogens is 2. The van der Waals surface area contributed by atoms with Crippen LogP contribution < -0.4 is 16.1 Å². The monoisotopic (exact) mass is 567 g/mol. The van der Waals surface area contributed by atoms with E-state index in [1.807, 2.05) is 13.8 Å². The van der Waals surface area contributed by atoms with Gasteiger partial charge in [-0.05, 0) is 50.2 Å². The van der Waals surface area contributed by atoms with Crippen LogP contribution in [-0.4, -0.2) is 83.3 Å². The van der Waals surface area contributed by atoms with Crippen LogP contribution in [0.4, 0.5) is 8.78 Å². The number of carbonyl (C=O) groups is 5. The minimum atomic E-state index is -1.17. The second-order valence-electron chi connectivity index (χ2n) is 10.2. The van der Waals surface area contributed by atoms with Crippen molar-refractivity contribution in [2.45, 2.75) is 70.9 Å². The van der Waals surface area contributed by atoms with Gasteiger partial charge in [0.1, 0.15) is 23.7 Å². The van der Waals surface area contributed by atoms with Crippen LogP contribution in [0.2, 0.25) is 0 Å². The van der Waals surface area contributed by atoms with Gasteiger partial charge in [-0.3, -0.25) is 29.2 Å². The molecule has 1 aromatic carbocycles. The minimum absolute atomic E-state index is 0.0135. The van der Waals surface area contributed by atoms with E-state index in [0.717, 1.165) is 25.0 Å². The van der Waals surface area contributed by atoms with Crippen molar-refractivity contribution in [1.29, 1.82) is 0 Å². The summed E-state index contributed by atoms with van der Waals surface area (Å²) in [6, 6.07) is 0.721. The molecule has 222 valence electrons. The van der Waals surface area contributed by atoms with Crippen LogP contribution in [0.15, 0.2) is 18.2 Å². The Hall–Kier alpha value is -3.61. The number of nitrogens with zero attached hydrogens (tertiary/aromatic N) is 2. The molecular weight excluding hydrogens is 528 g/mol. The van der Waals surface area contributed by atoms with Crippen molar-refractivity contribution in [3.05, 3.63) is 35.4 Å². The number of hydrogen-bond acceptors (Lipinski definition) is 6. The molecule has 13 heteroatoms. The molecule has 1 aromatic rings. The molecule has 1 aliphatic heterocycles. The molecule has 0 radical (unpaired) electrons. The molecule has 11 nitrogen and oxygen atoms in total. The first-order valence-electron chi connectivity index (χ1n) is 13.5. The van der Waals surface area contributed by atoms with Gasteiger partial charge in [0.2, 0.25) is 17.7 Å². The molecule has 5 amide bonds. The third-order valence-electron chi connectivity index (χ3n) is 6.75. The number of benzene rings is 1.